The largest absolute Gasteiger partial charge is 0.481 e. The molecule has 0 radical (unpaired) electrons. The number of hydrogen-bond acceptors (Lipinski definition) is 6. The van der Waals surface area contributed by atoms with E-state index in [4.69, 9.17) is 0 Å². The molecular weight excluding hydrogens is 514 g/mol. The van der Waals surface area contributed by atoms with Gasteiger partial charge in [-0.25, -0.2) is 0 Å². The molecule has 8 nitrogen and oxygen atoms in total. The molecule has 9 heteroatoms. The summed E-state index contributed by atoms with van der Waals surface area (Å²) >= 11 is 1.52. The third-order valence-corrected chi connectivity index (χ3v) is 10.9. The lowest BCUT2D eigenvalue weighted by atomic mass is 9.66. The van der Waals surface area contributed by atoms with Crippen molar-refractivity contribution in [2.24, 2.45) is 17.8 Å². The van der Waals surface area contributed by atoms with Crippen LogP contribution in [0, 0.1) is 17.8 Å². The average Bonchev–Trinajstić information content (AvgIpc) is 3.47. The molecule has 3 fully saturated rings. The molecule has 3 aliphatic heterocycles. The second-order valence-corrected chi connectivity index (χ2v) is 13.6. The Hall–Kier alpha value is -2.52. The number of likely N-dealkylation sites (tertiary alicyclic amines) is 1. The summed E-state index contributed by atoms with van der Waals surface area (Å²) in [6.45, 7) is 15.7. The highest BCUT2D eigenvalue weighted by atomic mass is 32.2. The summed E-state index contributed by atoms with van der Waals surface area (Å²) in [5.74, 6) is -3.04. The van der Waals surface area contributed by atoms with Gasteiger partial charge >= 0.3 is 5.97 Å². The van der Waals surface area contributed by atoms with Gasteiger partial charge in [-0.15, -0.1) is 18.3 Å². The zero-order valence-corrected chi connectivity index (χ0v) is 24.6. The van der Waals surface area contributed by atoms with Gasteiger partial charge in [-0.05, 0) is 70.2 Å². The number of carbonyl (C=O) groups excluding carboxylic acids is 2. The van der Waals surface area contributed by atoms with Gasteiger partial charge in [0.1, 0.15) is 6.04 Å². The smallest absolute Gasteiger partial charge is 0.308 e. The Morgan fingerprint density at radius 1 is 1.18 bits per heavy atom. The number of benzene rings is 1. The van der Waals surface area contributed by atoms with E-state index in [0.717, 1.165) is 18.8 Å². The fourth-order valence-corrected chi connectivity index (χ4v) is 9.59. The number of aliphatic hydroxyl groups is 1. The monoisotopic (exact) mass is 557 g/mol. The maximum atomic E-state index is 14.7. The number of carboxylic acids is 1. The SMILES string of the molecule is C=CCN(C(=O)C1N([C@@H](CO)CC(C)C)C(=O)[C@@H]2[C@@H](C(=O)O)[C@@]3(C)CCC12S3)c1ccc(N(CC)CC)cc1. The predicted octanol–water partition coefficient (Wildman–Crippen LogP) is 4.02. The molecule has 2 N–H and O–H groups in total. The number of fused-ring (bicyclic) bond motifs is 1. The summed E-state index contributed by atoms with van der Waals surface area (Å²) in [5.41, 5.74) is 1.76. The summed E-state index contributed by atoms with van der Waals surface area (Å²) in [6, 6.07) is 6.40. The van der Waals surface area contributed by atoms with Crippen molar-refractivity contribution in [2.45, 2.75) is 75.5 Å². The van der Waals surface area contributed by atoms with E-state index in [1.54, 1.807) is 15.9 Å². The van der Waals surface area contributed by atoms with Gasteiger partial charge in [0.2, 0.25) is 5.91 Å². The minimum Gasteiger partial charge on any atom is -0.481 e. The molecule has 3 heterocycles. The highest BCUT2D eigenvalue weighted by molar-refractivity contribution is 8.02. The van der Waals surface area contributed by atoms with Crippen LogP contribution in [0.5, 0.6) is 0 Å². The molecule has 1 spiro atoms. The number of aliphatic carboxylic acids is 1. The van der Waals surface area contributed by atoms with Crippen molar-refractivity contribution in [3.05, 3.63) is 36.9 Å². The number of carbonyl (C=O) groups is 3. The summed E-state index contributed by atoms with van der Waals surface area (Å²) in [7, 11) is 0. The van der Waals surface area contributed by atoms with Crippen LogP contribution in [0.15, 0.2) is 36.9 Å². The van der Waals surface area contributed by atoms with Gasteiger partial charge in [-0.1, -0.05) is 19.9 Å². The van der Waals surface area contributed by atoms with Crippen LogP contribution in [0.2, 0.25) is 0 Å². The first kappa shape index (κ1) is 29.5. The van der Waals surface area contributed by atoms with Gasteiger partial charge < -0.3 is 24.9 Å². The first-order chi connectivity index (χ1) is 18.5. The van der Waals surface area contributed by atoms with E-state index in [0.29, 0.717) is 24.9 Å². The molecule has 4 rings (SSSR count). The van der Waals surface area contributed by atoms with Crippen LogP contribution in [0.1, 0.15) is 53.9 Å². The normalized spacial score (nSPS) is 30.0. The van der Waals surface area contributed by atoms with Gasteiger partial charge in [0.15, 0.2) is 0 Å². The maximum absolute atomic E-state index is 14.7. The first-order valence-corrected chi connectivity index (χ1v) is 14.9. The number of hydrogen-bond donors (Lipinski definition) is 2. The number of rotatable bonds is 12. The second kappa shape index (κ2) is 11.2. The van der Waals surface area contributed by atoms with Crippen molar-refractivity contribution in [3.8, 4) is 0 Å². The van der Waals surface area contributed by atoms with Crippen molar-refractivity contribution in [1.29, 1.82) is 0 Å². The number of aliphatic hydroxyl groups excluding tert-OH is 1. The highest BCUT2D eigenvalue weighted by Crippen LogP contribution is 2.71. The molecule has 39 heavy (non-hydrogen) atoms. The Bertz CT molecular complexity index is 1110. The number of carboxylic acid groups (broad SMARTS) is 1. The van der Waals surface area contributed by atoms with Crippen molar-refractivity contribution in [3.63, 3.8) is 0 Å². The third-order valence-electron chi connectivity index (χ3n) is 8.93. The maximum Gasteiger partial charge on any atom is 0.308 e. The van der Waals surface area contributed by atoms with Gasteiger partial charge in [-0.3, -0.25) is 14.4 Å². The van der Waals surface area contributed by atoms with Crippen LogP contribution in [0.3, 0.4) is 0 Å². The van der Waals surface area contributed by atoms with Crippen LogP contribution >= 0.6 is 11.8 Å². The van der Waals surface area contributed by atoms with Gasteiger partial charge in [0.05, 0.1) is 29.2 Å². The summed E-state index contributed by atoms with van der Waals surface area (Å²) < 4.78 is -1.46. The van der Waals surface area contributed by atoms with E-state index in [-0.39, 0.29) is 30.9 Å². The molecule has 214 valence electrons. The number of anilines is 2. The zero-order chi connectivity index (χ0) is 28.7. The highest BCUT2D eigenvalue weighted by Gasteiger charge is 2.78. The molecule has 0 aromatic heterocycles. The van der Waals surface area contributed by atoms with Crippen LogP contribution in [-0.2, 0) is 14.4 Å². The van der Waals surface area contributed by atoms with E-state index >= 15 is 0 Å². The zero-order valence-electron chi connectivity index (χ0n) is 23.8. The second-order valence-electron chi connectivity index (χ2n) is 11.7. The Morgan fingerprint density at radius 3 is 2.31 bits per heavy atom. The lowest BCUT2D eigenvalue weighted by Crippen LogP contribution is -2.57. The van der Waals surface area contributed by atoms with Crippen molar-refractivity contribution < 1.29 is 24.6 Å². The molecule has 3 saturated heterocycles. The van der Waals surface area contributed by atoms with E-state index in [2.05, 4.69) is 25.3 Å². The Morgan fingerprint density at radius 2 is 1.79 bits per heavy atom. The molecule has 6 atom stereocenters. The first-order valence-electron chi connectivity index (χ1n) is 14.1. The van der Waals surface area contributed by atoms with Crippen molar-refractivity contribution in [1.82, 2.24) is 4.90 Å². The molecule has 2 unspecified atom stereocenters. The minimum absolute atomic E-state index is 0.178. The van der Waals surface area contributed by atoms with Crippen molar-refractivity contribution in [2.75, 3.05) is 36.0 Å². The summed E-state index contributed by atoms with van der Waals surface area (Å²) in [4.78, 5) is 46.8. The molecule has 1 aromatic carbocycles. The minimum atomic E-state index is -0.989. The third kappa shape index (κ3) is 4.75. The molecule has 3 aliphatic rings. The average molecular weight is 558 g/mol. The lowest BCUT2D eigenvalue weighted by molar-refractivity contribution is -0.150. The Labute approximate surface area is 236 Å². The predicted molar refractivity (Wildman–Crippen MR) is 156 cm³/mol. The molecule has 0 aliphatic carbocycles. The van der Waals surface area contributed by atoms with E-state index in [1.807, 2.05) is 45.0 Å². The van der Waals surface area contributed by atoms with Crippen LogP contribution < -0.4 is 9.80 Å². The summed E-state index contributed by atoms with van der Waals surface area (Å²) in [5, 5.41) is 20.7. The van der Waals surface area contributed by atoms with Gasteiger partial charge in [0.25, 0.3) is 5.91 Å². The van der Waals surface area contributed by atoms with Gasteiger partial charge in [-0.2, -0.15) is 0 Å². The van der Waals surface area contributed by atoms with Gasteiger partial charge in [0, 0.05) is 35.8 Å². The Balaban J connectivity index is 1.81. The van der Waals surface area contributed by atoms with E-state index < -0.39 is 39.4 Å². The molecular formula is C30H43N3O5S. The topological polar surface area (TPSA) is 101 Å². The van der Waals surface area contributed by atoms with Crippen LogP contribution in [0.4, 0.5) is 11.4 Å². The fraction of sp³-hybridized carbons (Fsp3) is 0.633. The van der Waals surface area contributed by atoms with Crippen molar-refractivity contribution >= 4 is 40.9 Å². The van der Waals surface area contributed by atoms with E-state index in [9.17, 15) is 24.6 Å². The molecule has 2 bridgehead atoms. The molecule has 0 saturated carbocycles. The standard InChI is InChI=1S/C30H43N3O5S/c1-7-16-32(21-12-10-20(11-13-21)31(8-2)9-3)27(36)25-30-15-14-29(6,39-30)24(28(37)38)23(30)26(35)33(25)22(18-34)17-19(4)5/h7,10-13,19,22-25,34H,1,8-9,14-18H2,2-6H3,(H,37,38)/t22-,23+,24+,25?,29-,30?/m1/s1. The quantitative estimate of drug-likeness (QED) is 0.374. The van der Waals surface area contributed by atoms with Crippen LogP contribution in [0.25, 0.3) is 0 Å². The van der Waals surface area contributed by atoms with E-state index in [1.165, 1.54) is 11.8 Å². The number of nitrogens with zero attached hydrogens (tertiary/aromatic N) is 3. The number of thioether (sulfide) groups is 1. The Kier molecular flexibility index (Phi) is 8.43. The van der Waals surface area contributed by atoms with Crippen LogP contribution in [-0.4, -0.2) is 80.7 Å². The summed E-state index contributed by atoms with van der Waals surface area (Å²) in [6.07, 6.45) is 3.41. The number of amides is 2. The fourth-order valence-electron chi connectivity index (χ4n) is 7.26. The lowest BCUT2D eigenvalue weighted by Gasteiger charge is -2.40. The molecule has 1 aromatic rings. The molecule has 2 amide bonds.